The molecule has 6 heteroatoms. The largest absolute Gasteiger partial charge is 0.493 e. The smallest absolute Gasteiger partial charge is 0.284 e. The van der Waals surface area contributed by atoms with Crippen molar-refractivity contribution in [3.8, 4) is 11.8 Å². The summed E-state index contributed by atoms with van der Waals surface area (Å²) < 4.78 is 29.5. The topological polar surface area (TPSA) is 45.9 Å². The zero-order chi connectivity index (χ0) is 10.7. The van der Waals surface area contributed by atoms with Crippen LogP contribution >= 0.6 is 11.6 Å². The molecule has 0 amide bonds. The Balaban J connectivity index is 3.37. The van der Waals surface area contributed by atoms with E-state index in [9.17, 15) is 8.78 Å². The Kier molecular flexibility index (Phi) is 3.20. The van der Waals surface area contributed by atoms with Gasteiger partial charge in [-0.05, 0) is 6.07 Å². The van der Waals surface area contributed by atoms with Crippen molar-refractivity contribution in [1.29, 1.82) is 5.26 Å². The van der Waals surface area contributed by atoms with E-state index in [1.54, 1.807) is 6.07 Å². The van der Waals surface area contributed by atoms with E-state index in [4.69, 9.17) is 16.9 Å². The number of alkyl halides is 2. The van der Waals surface area contributed by atoms with Gasteiger partial charge >= 0.3 is 0 Å². The molecular weight excluding hydrogens is 214 g/mol. The SMILES string of the molecule is COc1c(Cl)cc(C#N)nc1C(F)F. The Morgan fingerprint density at radius 3 is 2.71 bits per heavy atom. The highest BCUT2D eigenvalue weighted by atomic mass is 35.5. The molecule has 1 heterocycles. The van der Waals surface area contributed by atoms with E-state index in [0.717, 1.165) is 0 Å². The second-order valence-corrected chi connectivity index (χ2v) is 2.73. The molecule has 1 rings (SSSR count). The number of nitrogens with zero attached hydrogens (tertiary/aromatic N) is 2. The van der Waals surface area contributed by atoms with Crippen LogP contribution in [0, 0.1) is 11.3 Å². The normalized spacial score (nSPS) is 10.0. The van der Waals surface area contributed by atoms with E-state index in [2.05, 4.69) is 9.72 Å². The summed E-state index contributed by atoms with van der Waals surface area (Å²) in [5.74, 6) is -0.194. The first kappa shape index (κ1) is 10.7. The first-order valence-corrected chi connectivity index (χ1v) is 3.90. The van der Waals surface area contributed by atoms with E-state index >= 15 is 0 Å². The first-order valence-electron chi connectivity index (χ1n) is 3.52. The highest BCUT2D eigenvalue weighted by molar-refractivity contribution is 6.32. The maximum Gasteiger partial charge on any atom is 0.284 e. The third kappa shape index (κ3) is 1.91. The average molecular weight is 219 g/mol. The second kappa shape index (κ2) is 4.20. The molecule has 0 aromatic carbocycles. The number of methoxy groups -OCH3 is 1. The molecule has 0 bridgehead atoms. The fourth-order valence-electron chi connectivity index (χ4n) is 0.928. The molecule has 0 aliphatic heterocycles. The van der Waals surface area contributed by atoms with Gasteiger partial charge < -0.3 is 4.74 Å². The molecule has 0 atom stereocenters. The second-order valence-electron chi connectivity index (χ2n) is 2.32. The van der Waals surface area contributed by atoms with Gasteiger partial charge in [0.05, 0.1) is 12.1 Å². The predicted octanol–water partition coefficient (Wildman–Crippen LogP) is 2.55. The van der Waals surface area contributed by atoms with E-state index in [1.807, 2.05) is 0 Å². The van der Waals surface area contributed by atoms with Crippen molar-refractivity contribution in [2.75, 3.05) is 7.11 Å². The van der Waals surface area contributed by atoms with Gasteiger partial charge in [-0.3, -0.25) is 0 Å². The van der Waals surface area contributed by atoms with Gasteiger partial charge in [-0.25, -0.2) is 13.8 Å². The lowest BCUT2D eigenvalue weighted by molar-refractivity contribution is 0.141. The molecule has 74 valence electrons. The third-order valence-corrected chi connectivity index (χ3v) is 1.76. The minimum atomic E-state index is -2.82. The van der Waals surface area contributed by atoms with Gasteiger partial charge in [-0.2, -0.15) is 5.26 Å². The van der Waals surface area contributed by atoms with Crippen LogP contribution in [0.15, 0.2) is 6.07 Å². The molecule has 14 heavy (non-hydrogen) atoms. The number of pyridine rings is 1. The molecule has 0 N–H and O–H groups in total. The summed E-state index contributed by atoms with van der Waals surface area (Å²) in [6.07, 6.45) is -2.82. The van der Waals surface area contributed by atoms with Crippen LogP contribution in [0.4, 0.5) is 8.78 Å². The molecule has 1 aromatic rings. The maximum absolute atomic E-state index is 12.4. The number of hydrogen-bond acceptors (Lipinski definition) is 3. The van der Waals surface area contributed by atoms with Crippen molar-refractivity contribution in [1.82, 2.24) is 4.98 Å². The van der Waals surface area contributed by atoms with Crippen molar-refractivity contribution in [2.24, 2.45) is 0 Å². The minimum absolute atomic E-state index is 0.0469. The van der Waals surface area contributed by atoms with Crippen LogP contribution in [0.1, 0.15) is 17.8 Å². The first-order chi connectivity index (χ1) is 6.60. The monoisotopic (exact) mass is 218 g/mol. The van der Waals surface area contributed by atoms with E-state index in [0.29, 0.717) is 0 Å². The third-order valence-electron chi connectivity index (χ3n) is 1.48. The zero-order valence-corrected chi connectivity index (χ0v) is 7.85. The molecule has 0 radical (unpaired) electrons. The van der Waals surface area contributed by atoms with Gasteiger partial charge in [0.1, 0.15) is 11.8 Å². The summed E-state index contributed by atoms with van der Waals surface area (Å²) in [6.45, 7) is 0. The number of hydrogen-bond donors (Lipinski definition) is 0. The van der Waals surface area contributed by atoms with Crippen molar-refractivity contribution in [3.63, 3.8) is 0 Å². The molecule has 0 aliphatic rings. The Morgan fingerprint density at radius 1 is 1.64 bits per heavy atom. The lowest BCUT2D eigenvalue weighted by Crippen LogP contribution is -1.99. The van der Waals surface area contributed by atoms with Crippen LogP contribution in [-0.2, 0) is 0 Å². The lowest BCUT2D eigenvalue weighted by atomic mass is 10.3. The molecule has 0 fully saturated rings. The summed E-state index contributed by atoms with van der Waals surface area (Å²) in [6, 6.07) is 2.80. The predicted molar refractivity (Wildman–Crippen MR) is 45.5 cm³/mol. The quantitative estimate of drug-likeness (QED) is 0.766. The summed E-state index contributed by atoms with van der Waals surface area (Å²) in [5.41, 5.74) is -0.775. The molecule has 1 aromatic heterocycles. The maximum atomic E-state index is 12.4. The number of rotatable bonds is 2. The molecule has 3 nitrogen and oxygen atoms in total. The van der Waals surface area contributed by atoms with Gasteiger partial charge in [0, 0.05) is 0 Å². The molecular formula is C8H5ClF2N2O. The van der Waals surface area contributed by atoms with Crippen LogP contribution in [0.5, 0.6) is 5.75 Å². The molecule has 0 saturated heterocycles. The van der Waals surface area contributed by atoms with Crippen molar-refractivity contribution in [2.45, 2.75) is 6.43 Å². The number of halogens is 3. The van der Waals surface area contributed by atoms with Gasteiger partial charge in [-0.15, -0.1) is 0 Å². The highest BCUT2D eigenvalue weighted by Crippen LogP contribution is 2.33. The van der Waals surface area contributed by atoms with Crippen molar-refractivity contribution in [3.05, 3.63) is 22.5 Å². The summed E-state index contributed by atoms with van der Waals surface area (Å²) in [7, 11) is 1.21. The Morgan fingerprint density at radius 2 is 2.29 bits per heavy atom. The van der Waals surface area contributed by atoms with Crippen molar-refractivity contribution < 1.29 is 13.5 Å². The van der Waals surface area contributed by atoms with E-state index < -0.39 is 12.1 Å². The highest BCUT2D eigenvalue weighted by Gasteiger charge is 2.19. The fourth-order valence-corrected chi connectivity index (χ4v) is 1.21. The van der Waals surface area contributed by atoms with Crippen LogP contribution in [-0.4, -0.2) is 12.1 Å². The van der Waals surface area contributed by atoms with Crippen LogP contribution in [0.25, 0.3) is 0 Å². The Labute approximate surface area is 83.9 Å². The molecule has 0 spiro atoms. The van der Waals surface area contributed by atoms with Gasteiger partial charge in [0.25, 0.3) is 6.43 Å². The number of nitriles is 1. The lowest BCUT2D eigenvalue weighted by Gasteiger charge is -2.08. The van der Waals surface area contributed by atoms with E-state index in [1.165, 1.54) is 13.2 Å². The average Bonchev–Trinajstić information content (AvgIpc) is 2.16. The molecule has 0 unspecified atom stereocenters. The van der Waals surface area contributed by atoms with E-state index in [-0.39, 0.29) is 16.5 Å². The number of ether oxygens (including phenoxy) is 1. The van der Waals surface area contributed by atoms with Crippen LogP contribution < -0.4 is 4.74 Å². The summed E-state index contributed by atoms with van der Waals surface area (Å²) in [5, 5.41) is 8.43. The van der Waals surface area contributed by atoms with Crippen molar-refractivity contribution >= 4 is 11.6 Å². The standard InChI is InChI=1S/C8H5ClF2N2O/c1-14-7-5(9)2-4(3-12)13-6(7)8(10)11/h2,8H,1H3. The van der Waals surface area contributed by atoms with Gasteiger partial charge in [0.15, 0.2) is 11.4 Å². The Hall–Kier alpha value is -1.41. The fraction of sp³-hybridized carbons (Fsp3) is 0.250. The van der Waals surface area contributed by atoms with Gasteiger partial charge in [-0.1, -0.05) is 11.6 Å². The number of aromatic nitrogens is 1. The zero-order valence-electron chi connectivity index (χ0n) is 7.09. The molecule has 0 saturated carbocycles. The Bertz CT molecular complexity index is 390. The van der Waals surface area contributed by atoms with Crippen LogP contribution in [0.3, 0.4) is 0 Å². The summed E-state index contributed by atoms with van der Waals surface area (Å²) >= 11 is 5.61. The molecule has 0 aliphatic carbocycles. The summed E-state index contributed by atoms with van der Waals surface area (Å²) in [4.78, 5) is 3.40. The minimum Gasteiger partial charge on any atom is -0.493 e. The van der Waals surface area contributed by atoms with Crippen LogP contribution in [0.2, 0.25) is 5.02 Å². The van der Waals surface area contributed by atoms with Gasteiger partial charge in [0.2, 0.25) is 0 Å².